The molecule has 2 heterocycles. The van der Waals surface area contributed by atoms with Gasteiger partial charge in [0.25, 0.3) is 0 Å². The molecule has 2 aliphatic rings. The number of halogens is 6. The molecule has 0 unspecified atom stereocenters. The van der Waals surface area contributed by atoms with E-state index in [1.165, 1.54) is 4.90 Å². The lowest BCUT2D eigenvalue weighted by Crippen LogP contribution is -2.35. The maximum Gasteiger partial charge on any atom is 0.420 e. The first kappa shape index (κ1) is 20.0. The molecule has 0 saturated carbocycles. The SMILES string of the molecule is NC(=O)Oc1c(N2CCN(C[C@@H]3CO3)C2=O)cc(C(F)(F)F)cc1C(F)(F)F. The van der Waals surface area contributed by atoms with Gasteiger partial charge in [-0.05, 0) is 12.1 Å². The van der Waals surface area contributed by atoms with E-state index in [4.69, 9.17) is 10.5 Å². The van der Waals surface area contributed by atoms with Crippen LogP contribution >= 0.6 is 0 Å². The number of carbonyl (C=O) groups excluding carboxylic acids is 2. The minimum Gasteiger partial charge on any atom is -0.408 e. The van der Waals surface area contributed by atoms with E-state index in [0.717, 1.165) is 0 Å². The third kappa shape index (κ3) is 4.08. The van der Waals surface area contributed by atoms with Crippen LogP contribution in [0.1, 0.15) is 11.1 Å². The van der Waals surface area contributed by atoms with Gasteiger partial charge in [0, 0.05) is 13.1 Å². The summed E-state index contributed by atoms with van der Waals surface area (Å²) in [6.45, 7) is 0.389. The molecule has 28 heavy (non-hydrogen) atoms. The lowest BCUT2D eigenvalue weighted by molar-refractivity contribution is -0.143. The normalized spacial score (nSPS) is 19.9. The Morgan fingerprint density at radius 1 is 1.18 bits per heavy atom. The standard InChI is InChI=1S/C15H13F6N3O4/c16-14(17,18)7-3-9(15(19,20)21)11(28-12(22)25)10(4-7)24-2-1-23(13(24)26)5-8-6-27-8/h3-4,8H,1-2,5-6H2,(H2,22,25)/t8-/m1/s1. The molecule has 0 radical (unpaired) electrons. The molecular weight excluding hydrogens is 400 g/mol. The summed E-state index contributed by atoms with van der Waals surface area (Å²) in [5.41, 5.74) is 0.423. The Kier molecular flexibility index (Phi) is 4.81. The van der Waals surface area contributed by atoms with Crippen LogP contribution in [0.15, 0.2) is 12.1 Å². The zero-order valence-electron chi connectivity index (χ0n) is 13.9. The Morgan fingerprint density at radius 3 is 2.32 bits per heavy atom. The van der Waals surface area contributed by atoms with Crippen LogP contribution in [0, 0.1) is 0 Å². The predicted molar refractivity (Wildman–Crippen MR) is 80.7 cm³/mol. The largest absolute Gasteiger partial charge is 0.420 e. The topological polar surface area (TPSA) is 88.4 Å². The number of ether oxygens (including phenoxy) is 2. The van der Waals surface area contributed by atoms with Crippen molar-refractivity contribution in [2.45, 2.75) is 18.5 Å². The zero-order valence-corrected chi connectivity index (χ0v) is 13.9. The number of hydrogen-bond donors (Lipinski definition) is 1. The van der Waals surface area contributed by atoms with Crippen LogP contribution < -0.4 is 15.4 Å². The van der Waals surface area contributed by atoms with E-state index >= 15 is 0 Å². The highest BCUT2D eigenvalue weighted by Crippen LogP contribution is 2.46. The van der Waals surface area contributed by atoms with Gasteiger partial charge in [-0.1, -0.05) is 0 Å². The Bertz CT molecular complexity index is 806. The van der Waals surface area contributed by atoms with Gasteiger partial charge in [-0.15, -0.1) is 0 Å². The molecule has 7 nitrogen and oxygen atoms in total. The summed E-state index contributed by atoms with van der Waals surface area (Å²) in [6.07, 6.45) is -12.3. The summed E-state index contributed by atoms with van der Waals surface area (Å²) in [5, 5.41) is 0. The van der Waals surface area contributed by atoms with E-state index < -0.39 is 47.0 Å². The van der Waals surface area contributed by atoms with Gasteiger partial charge in [0.1, 0.15) is 5.56 Å². The fourth-order valence-corrected chi connectivity index (χ4v) is 2.79. The zero-order chi connectivity index (χ0) is 20.9. The van der Waals surface area contributed by atoms with Gasteiger partial charge < -0.3 is 20.1 Å². The molecule has 2 fully saturated rings. The second kappa shape index (κ2) is 6.72. The number of nitrogens with zero attached hydrogens (tertiary/aromatic N) is 2. The quantitative estimate of drug-likeness (QED) is 0.608. The number of rotatable bonds is 4. The Morgan fingerprint density at radius 2 is 1.82 bits per heavy atom. The van der Waals surface area contributed by atoms with E-state index in [9.17, 15) is 35.9 Å². The summed E-state index contributed by atoms with van der Waals surface area (Å²) in [7, 11) is 0. The van der Waals surface area contributed by atoms with Crippen molar-refractivity contribution >= 4 is 17.8 Å². The number of carbonyl (C=O) groups is 2. The Labute approximate surface area is 153 Å². The van der Waals surface area contributed by atoms with Gasteiger partial charge in [0.05, 0.1) is 30.5 Å². The Hall–Kier alpha value is -2.70. The van der Waals surface area contributed by atoms with Crippen LogP contribution in [0.3, 0.4) is 0 Å². The molecule has 0 spiro atoms. The van der Waals surface area contributed by atoms with Crippen LogP contribution in [0.2, 0.25) is 0 Å². The first-order chi connectivity index (χ1) is 12.9. The molecular formula is C15H13F6N3O4. The third-order valence-corrected chi connectivity index (χ3v) is 4.12. The van der Waals surface area contributed by atoms with Crippen molar-refractivity contribution in [1.29, 1.82) is 0 Å². The number of urea groups is 1. The molecule has 2 aliphatic heterocycles. The van der Waals surface area contributed by atoms with Gasteiger partial charge >= 0.3 is 24.5 Å². The maximum atomic E-state index is 13.4. The number of anilines is 1. The van der Waals surface area contributed by atoms with Gasteiger partial charge in [0.2, 0.25) is 0 Å². The second-order valence-corrected chi connectivity index (χ2v) is 6.12. The van der Waals surface area contributed by atoms with Crippen LogP contribution in [0.4, 0.5) is 41.6 Å². The highest BCUT2D eigenvalue weighted by molar-refractivity contribution is 5.96. The maximum absolute atomic E-state index is 13.4. The fourth-order valence-electron chi connectivity index (χ4n) is 2.79. The number of amides is 3. The molecule has 3 rings (SSSR count). The average Bonchev–Trinajstić information content (AvgIpc) is 3.29. The van der Waals surface area contributed by atoms with Gasteiger partial charge in [-0.25, -0.2) is 9.59 Å². The molecule has 154 valence electrons. The van der Waals surface area contributed by atoms with Gasteiger partial charge in [-0.2, -0.15) is 26.3 Å². The molecule has 2 saturated heterocycles. The molecule has 1 aromatic rings. The highest BCUT2D eigenvalue weighted by atomic mass is 19.4. The van der Waals surface area contributed by atoms with Crippen LogP contribution in [0.25, 0.3) is 0 Å². The molecule has 3 amide bonds. The van der Waals surface area contributed by atoms with Crippen molar-refractivity contribution in [3.05, 3.63) is 23.3 Å². The third-order valence-electron chi connectivity index (χ3n) is 4.12. The van der Waals surface area contributed by atoms with E-state index in [2.05, 4.69) is 4.74 Å². The molecule has 0 aliphatic carbocycles. The highest BCUT2D eigenvalue weighted by Gasteiger charge is 2.44. The second-order valence-electron chi connectivity index (χ2n) is 6.12. The number of nitrogens with two attached hydrogens (primary N) is 1. The fraction of sp³-hybridized carbons (Fsp3) is 0.467. The lowest BCUT2D eigenvalue weighted by Gasteiger charge is -2.24. The molecule has 0 bridgehead atoms. The smallest absolute Gasteiger partial charge is 0.408 e. The average molecular weight is 413 g/mol. The summed E-state index contributed by atoms with van der Waals surface area (Å²) < 4.78 is 88.8. The number of alkyl halides is 6. The van der Waals surface area contributed by atoms with Crippen molar-refractivity contribution in [2.75, 3.05) is 31.1 Å². The van der Waals surface area contributed by atoms with Crippen LogP contribution in [0.5, 0.6) is 5.75 Å². The van der Waals surface area contributed by atoms with Gasteiger partial charge in [0.15, 0.2) is 5.75 Å². The van der Waals surface area contributed by atoms with Gasteiger partial charge in [-0.3, -0.25) is 4.90 Å². The lowest BCUT2D eigenvalue weighted by atomic mass is 10.1. The minimum absolute atomic E-state index is 0.0479. The van der Waals surface area contributed by atoms with Crippen molar-refractivity contribution in [2.24, 2.45) is 5.73 Å². The van der Waals surface area contributed by atoms with Crippen molar-refractivity contribution < 1.29 is 45.4 Å². The monoisotopic (exact) mass is 413 g/mol. The summed E-state index contributed by atoms with van der Waals surface area (Å²) in [6, 6.07) is -0.710. The first-order valence-electron chi connectivity index (χ1n) is 7.85. The molecule has 1 atom stereocenters. The Balaban J connectivity index is 2.11. The van der Waals surface area contributed by atoms with E-state index in [-0.39, 0.29) is 31.8 Å². The van der Waals surface area contributed by atoms with E-state index in [1.807, 2.05) is 0 Å². The first-order valence-corrected chi connectivity index (χ1v) is 7.85. The van der Waals surface area contributed by atoms with Crippen LogP contribution in [-0.2, 0) is 17.1 Å². The number of epoxide rings is 1. The number of primary amides is 1. The van der Waals surface area contributed by atoms with Crippen LogP contribution in [-0.4, -0.2) is 49.4 Å². The minimum atomic E-state index is -5.30. The molecule has 1 aromatic carbocycles. The predicted octanol–water partition coefficient (Wildman–Crippen LogP) is 2.82. The number of hydrogen-bond acceptors (Lipinski definition) is 4. The summed E-state index contributed by atoms with van der Waals surface area (Å²) >= 11 is 0. The molecule has 13 heteroatoms. The van der Waals surface area contributed by atoms with E-state index in [0.29, 0.717) is 17.6 Å². The van der Waals surface area contributed by atoms with Crippen molar-refractivity contribution in [3.63, 3.8) is 0 Å². The van der Waals surface area contributed by atoms with Crippen molar-refractivity contribution in [1.82, 2.24) is 4.90 Å². The molecule has 2 N–H and O–H groups in total. The summed E-state index contributed by atoms with van der Waals surface area (Å²) in [4.78, 5) is 25.5. The van der Waals surface area contributed by atoms with Crippen molar-refractivity contribution in [3.8, 4) is 5.75 Å². The number of benzene rings is 1. The van der Waals surface area contributed by atoms with E-state index in [1.54, 1.807) is 0 Å². The molecule has 0 aromatic heterocycles. The summed E-state index contributed by atoms with van der Waals surface area (Å²) in [5.74, 6) is -1.26.